The summed E-state index contributed by atoms with van der Waals surface area (Å²) in [6.45, 7) is 0.692. The molecule has 110 valence electrons. The summed E-state index contributed by atoms with van der Waals surface area (Å²) >= 11 is 0. The Balaban J connectivity index is 2.16. The molecule has 6 heteroatoms. The SMILES string of the molecule is CC(N)(C(=O)NC(c1ccccc1)C1CC1)C(F)(F)F. The van der Waals surface area contributed by atoms with Crippen molar-refractivity contribution in [2.75, 3.05) is 0 Å². The molecule has 3 nitrogen and oxygen atoms in total. The van der Waals surface area contributed by atoms with Gasteiger partial charge in [-0.15, -0.1) is 0 Å². The maximum Gasteiger partial charge on any atom is 0.415 e. The second-order valence-electron chi connectivity index (χ2n) is 5.40. The average molecular weight is 286 g/mol. The lowest BCUT2D eigenvalue weighted by Gasteiger charge is -2.29. The van der Waals surface area contributed by atoms with Crippen molar-refractivity contribution in [2.24, 2.45) is 11.7 Å². The summed E-state index contributed by atoms with van der Waals surface area (Å²) in [5.74, 6) is -1.00. The molecule has 2 rings (SSSR count). The average Bonchev–Trinajstić information content (AvgIpc) is 3.19. The normalized spacial score (nSPS) is 20.1. The number of carbonyl (C=O) groups excluding carboxylic acids is 1. The molecule has 20 heavy (non-hydrogen) atoms. The van der Waals surface area contributed by atoms with Crippen molar-refractivity contribution in [1.82, 2.24) is 5.32 Å². The molecule has 1 aromatic carbocycles. The van der Waals surface area contributed by atoms with Crippen LogP contribution in [0.15, 0.2) is 30.3 Å². The minimum atomic E-state index is -4.78. The fourth-order valence-electron chi connectivity index (χ4n) is 1.98. The summed E-state index contributed by atoms with van der Waals surface area (Å²) in [5, 5.41) is 2.46. The molecule has 2 unspecified atom stereocenters. The zero-order chi connectivity index (χ0) is 15.0. The second-order valence-corrected chi connectivity index (χ2v) is 5.40. The van der Waals surface area contributed by atoms with Crippen LogP contribution in [0.1, 0.15) is 31.4 Å². The third kappa shape index (κ3) is 2.95. The Bertz CT molecular complexity index is 481. The third-order valence-corrected chi connectivity index (χ3v) is 3.60. The van der Waals surface area contributed by atoms with Gasteiger partial charge in [-0.1, -0.05) is 30.3 Å². The fourth-order valence-corrected chi connectivity index (χ4v) is 1.98. The highest BCUT2D eigenvalue weighted by molar-refractivity contribution is 5.87. The molecular weight excluding hydrogens is 269 g/mol. The van der Waals surface area contributed by atoms with Gasteiger partial charge in [0, 0.05) is 0 Å². The maximum absolute atomic E-state index is 12.8. The van der Waals surface area contributed by atoms with E-state index in [-0.39, 0.29) is 5.92 Å². The topological polar surface area (TPSA) is 55.1 Å². The predicted molar refractivity (Wildman–Crippen MR) is 68.7 cm³/mol. The number of alkyl halides is 3. The highest BCUT2D eigenvalue weighted by Crippen LogP contribution is 2.41. The standard InChI is InChI=1S/C14H17F3N2O/c1-13(18,14(15,16)17)12(20)19-11(10-7-8-10)9-5-3-2-4-6-9/h2-6,10-11H,7-8,18H2,1H3,(H,19,20). The number of carbonyl (C=O) groups is 1. The first-order valence-corrected chi connectivity index (χ1v) is 6.45. The van der Waals surface area contributed by atoms with Gasteiger partial charge in [-0.3, -0.25) is 4.79 Å². The van der Waals surface area contributed by atoms with Crippen molar-refractivity contribution in [2.45, 2.75) is 37.5 Å². The van der Waals surface area contributed by atoms with Crippen molar-refractivity contribution in [3.05, 3.63) is 35.9 Å². The van der Waals surface area contributed by atoms with Crippen molar-refractivity contribution in [3.63, 3.8) is 0 Å². The Morgan fingerprint density at radius 2 is 1.85 bits per heavy atom. The van der Waals surface area contributed by atoms with Crippen LogP contribution in [0.25, 0.3) is 0 Å². The van der Waals surface area contributed by atoms with E-state index in [0.29, 0.717) is 6.92 Å². The minimum absolute atomic E-state index is 0.186. The number of amides is 1. The Morgan fingerprint density at radius 1 is 1.30 bits per heavy atom. The smallest absolute Gasteiger partial charge is 0.347 e. The lowest BCUT2D eigenvalue weighted by atomic mass is 9.98. The molecule has 1 saturated carbocycles. The van der Waals surface area contributed by atoms with Gasteiger partial charge >= 0.3 is 6.18 Å². The van der Waals surface area contributed by atoms with E-state index in [9.17, 15) is 18.0 Å². The van der Waals surface area contributed by atoms with Crippen molar-refractivity contribution >= 4 is 5.91 Å². The molecule has 0 bridgehead atoms. The first-order chi connectivity index (χ1) is 9.23. The highest BCUT2D eigenvalue weighted by atomic mass is 19.4. The monoisotopic (exact) mass is 286 g/mol. The third-order valence-electron chi connectivity index (χ3n) is 3.60. The molecule has 1 aromatic rings. The number of hydrogen-bond donors (Lipinski definition) is 2. The first-order valence-electron chi connectivity index (χ1n) is 6.45. The van der Waals surface area contributed by atoms with Gasteiger partial charge in [0.2, 0.25) is 5.91 Å². The maximum atomic E-state index is 12.8. The van der Waals surface area contributed by atoms with Crippen molar-refractivity contribution in [1.29, 1.82) is 0 Å². The van der Waals surface area contributed by atoms with Gasteiger partial charge in [0.05, 0.1) is 6.04 Å². The van der Waals surface area contributed by atoms with E-state index in [2.05, 4.69) is 5.32 Å². The van der Waals surface area contributed by atoms with E-state index < -0.39 is 23.7 Å². The van der Waals surface area contributed by atoms with E-state index in [1.807, 2.05) is 6.07 Å². The number of benzene rings is 1. The van der Waals surface area contributed by atoms with Gasteiger partial charge in [0.1, 0.15) is 0 Å². The van der Waals surface area contributed by atoms with Crippen LogP contribution in [-0.2, 0) is 4.79 Å². The summed E-state index contributed by atoms with van der Waals surface area (Å²) in [6, 6.07) is 8.59. The molecule has 0 aromatic heterocycles. The molecule has 0 radical (unpaired) electrons. The largest absolute Gasteiger partial charge is 0.415 e. The summed E-state index contributed by atoms with van der Waals surface area (Å²) in [4.78, 5) is 11.9. The minimum Gasteiger partial charge on any atom is -0.347 e. The van der Waals surface area contributed by atoms with Crippen molar-refractivity contribution in [3.8, 4) is 0 Å². The van der Waals surface area contributed by atoms with Gasteiger partial charge in [-0.2, -0.15) is 13.2 Å². The number of rotatable bonds is 4. The fraction of sp³-hybridized carbons (Fsp3) is 0.500. The van der Waals surface area contributed by atoms with Crippen LogP contribution in [0.2, 0.25) is 0 Å². The number of nitrogens with two attached hydrogens (primary N) is 1. The molecule has 3 N–H and O–H groups in total. The summed E-state index contributed by atoms with van der Waals surface area (Å²) < 4.78 is 38.3. The summed E-state index contributed by atoms with van der Waals surface area (Å²) in [7, 11) is 0. The molecule has 0 aliphatic heterocycles. The van der Waals surface area contributed by atoms with Gasteiger partial charge in [0.25, 0.3) is 0 Å². The van der Waals surface area contributed by atoms with E-state index in [4.69, 9.17) is 5.73 Å². The van der Waals surface area contributed by atoms with Crippen LogP contribution in [-0.4, -0.2) is 17.6 Å². The molecule has 1 aliphatic rings. The van der Waals surface area contributed by atoms with Gasteiger partial charge in [0.15, 0.2) is 5.54 Å². The van der Waals surface area contributed by atoms with Gasteiger partial charge in [-0.05, 0) is 31.2 Å². The molecule has 0 heterocycles. The molecule has 2 atom stereocenters. The highest BCUT2D eigenvalue weighted by Gasteiger charge is 2.54. The molecule has 1 aliphatic carbocycles. The lowest BCUT2D eigenvalue weighted by molar-refractivity contribution is -0.187. The van der Waals surface area contributed by atoms with Crippen LogP contribution in [0.4, 0.5) is 13.2 Å². The first kappa shape index (κ1) is 14.8. The number of halogens is 3. The van der Waals surface area contributed by atoms with Crippen LogP contribution in [0.3, 0.4) is 0 Å². The van der Waals surface area contributed by atoms with E-state index >= 15 is 0 Å². The Hall–Kier alpha value is -1.56. The molecular formula is C14H17F3N2O. The van der Waals surface area contributed by atoms with Crippen LogP contribution in [0, 0.1) is 5.92 Å². The van der Waals surface area contributed by atoms with E-state index in [0.717, 1.165) is 18.4 Å². The Kier molecular flexibility index (Phi) is 3.77. The van der Waals surface area contributed by atoms with Gasteiger partial charge in [-0.25, -0.2) is 0 Å². The van der Waals surface area contributed by atoms with Crippen LogP contribution in [0.5, 0.6) is 0 Å². The summed E-state index contributed by atoms with van der Waals surface area (Å²) in [5.41, 5.74) is 3.07. The van der Waals surface area contributed by atoms with Crippen LogP contribution >= 0.6 is 0 Å². The van der Waals surface area contributed by atoms with E-state index in [1.54, 1.807) is 24.3 Å². The molecule has 0 saturated heterocycles. The zero-order valence-electron chi connectivity index (χ0n) is 11.1. The van der Waals surface area contributed by atoms with Crippen molar-refractivity contribution < 1.29 is 18.0 Å². The number of nitrogens with one attached hydrogen (secondary N) is 1. The van der Waals surface area contributed by atoms with Gasteiger partial charge < -0.3 is 11.1 Å². The lowest BCUT2D eigenvalue weighted by Crippen LogP contribution is -2.61. The zero-order valence-corrected chi connectivity index (χ0v) is 11.1. The second kappa shape index (κ2) is 5.09. The van der Waals surface area contributed by atoms with E-state index in [1.165, 1.54) is 0 Å². The Labute approximate surface area is 115 Å². The predicted octanol–water partition coefficient (Wildman–Crippen LogP) is 2.53. The quantitative estimate of drug-likeness (QED) is 0.893. The Morgan fingerprint density at radius 3 is 2.30 bits per heavy atom. The summed E-state index contributed by atoms with van der Waals surface area (Å²) in [6.07, 6.45) is -2.98. The molecule has 1 amide bonds. The molecule has 0 spiro atoms. The molecule has 1 fully saturated rings. The van der Waals surface area contributed by atoms with Crippen LogP contribution < -0.4 is 11.1 Å². The number of hydrogen-bond acceptors (Lipinski definition) is 2.